The Hall–Kier alpha value is -1.94. The number of quaternary nitrogens is 1. The monoisotopic (exact) mass is 438 g/mol. The molecule has 0 radical (unpaired) electrons. The quantitative estimate of drug-likeness (QED) is 0.648. The van der Waals surface area contributed by atoms with Gasteiger partial charge in [-0.25, -0.2) is 8.42 Å². The van der Waals surface area contributed by atoms with E-state index in [0.29, 0.717) is 25.2 Å². The first kappa shape index (κ1) is 21.8. The maximum atomic E-state index is 13.0. The second kappa shape index (κ2) is 9.25. The molecule has 0 bridgehead atoms. The topological polar surface area (TPSA) is 80.1 Å². The van der Waals surface area contributed by atoms with E-state index >= 15 is 0 Å². The van der Waals surface area contributed by atoms with E-state index in [2.05, 4.69) is 11.4 Å². The van der Waals surface area contributed by atoms with Crippen LogP contribution in [-0.2, 0) is 10.0 Å². The zero-order valence-corrected chi connectivity index (χ0v) is 18.6. The van der Waals surface area contributed by atoms with E-state index in [0.717, 1.165) is 12.8 Å². The van der Waals surface area contributed by atoms with Gasteiger partial charge in [0, 0.05) is 18.7 Å². The van der Waals surface area contributed by atoms with Gasteiger partial charge in [-0.2, -0.15) is 4.31 Å². The summed E-state index contributed by atoms with van der Waals surface area (Å²) in [6.07, 6.45) is 1.69. The molecule has 1 fully saturated rings. The highest BCUT2D eigenvalue weighted by Crippen LogP contribution is 2.30. The Morgan fingerprint density at radius 1 is 1.28 bits per heavy atom. The SMILES string of the molecule is COc1ccc(C(=O)NC[C@@H](c2cccs2)[NH+](C)C)cc1S(=O)(=O)N1CCCC1. The summed E-state index contributed by atoms with van der Waals surface area (Å²) in [6.45, 7) is 1.45. The summed E-state index contributed by atoms with van der Waals surface area (Å²) in [4.78, 5) is 15.2. The first-order chi connectivity index (χ1) is 13.8. The van der Waals surface area contributed by atoms with Crippen LogP contribution in [0.25, 0.3) is 0 Å². The Bertz CT molecular complexity index is 937. The molecule has 3 rings (SSSR count). The van der Waals surface area contributed by atoms with Crippen LogP contribution in [0.15, 0.2) is 40.6 Å². The van der Waals surface area contributed by atoms with E-state index in [1.54, 1.807) is 23.5 Å². The summed E-state index contributed by atoms with van der Waals surface area (Å²) >= 11 is 1.66. The number of amides is 1. The minimum atomic E-state index is -3.69. The highest BCUT2D eigenvalue weighted by Gasteiger charge is 2.31. The molecule has 1 saturated heterocycles. The molecule has 158 valence electrons. The molecule has 1 aromatic heterocycles. The normalized spacial score (nSPS) is 16.1. The van der Waals surface area contributed by atoms with Gasteiger partial charge in [-0.1, -0.05) is 6.07 Å². The number of likely N-dealkylation sites (N-methyl/N-ethyl adjacent to an activating group) is 1. The first-order valence-corrected chi connectivity index (χ1v) is 12.0. The number of nitrogens with one attached hydrogen (secondary N) is 2. The molecule has 9 heteroatoms. The van der Waals surface area contributed by atoms with Crippen LogP contribution in [0.4, 0.5) is 0 Å². The Morgan fingerprint density at radius 3 is 2.59 bits per heavy atom. The molecule has 29 heavy (non-hydrogen) atoms. The average molecular weight is 439 g/mol. The lowest BCUT2D eigenvalue weighted by Crippen LogP contribution is -3.06. The lowest BCUT2D eigenvalue weighted by molar-refractivity contribution is -0.890. The van der Waals surface area contributed by atoms with Crippen LogP contribution in [0.1, 0.15) is 34.1 Å². The Morgan fingerprint density at radius 2 is 2.00 bits per heavy atom. The maximum Gasteiger partial charge on any atom is 0.251 e. The van der Waals surface area contributed by atoms with Gasteiger partial charge in [0.2, 0.25) is 10.0 Å². The van der Waals surface area contributed by atoms with Crippen molar-refractivity contribution in [2.24, 2.45) is 0 Å². The Kier molecular flexibility index (Phi) is 6.94. The molecule has 0 aliphatic carbocycles. The molecule has 2 aromatic rings. The van der Waals surface area contributed by atoms with Crippen LogP contribution in [-0.4, -0.2) is 59.5 Å². The fraction of sp³-hybridized carbons (Fsp3) is 0.450. The van der Waals surface area contributed by atoms with Crippen LogP contribution < -0.4 is 15.0 Å². The number of methoxy groups -OCH3 is 1. The lowest BCUT2D eigenvalue weighted by atomic mass is 10.2. The number of thiophene rings is 1. The van der Waals surface area contributed by atoms with Crippen molar-refractivity contribution in [2.75, 3.05) is 40.8 Å². The summed E-state index contributed by atoms with van der Waals surface area (Å²) in [7, 11) is 1.83. The highest BCUT2D eigenvalue weighted by molar-refractivity contribution is 7.89. The lowest BCUT2D eigenvalue weighted by Gasteiger charge is -2.21. The van der Waals surface area contributed by atoms with Crippen molar-refractivity contribution >= 4 is 27.3 Å². The number of sulfonamides is 1. The molecular formula is C20H28N3O4S2+. The van der Waals surface area contributed by atoms with Crippen molar-refractivity contribution in [2.45, 2.75) is 23.8 Å². The van der Waals surface area contributed by atoms with Gasteiger partial charge in [0.25, 0.3) is 5.91 Å². The molecule has 2 heterocycles. The number of ether oxygens (including phenoxy) is 1. The van der Waals surface area contributed by atoms with E-state index in [1.807, 2.05) is 25.5 Å². The number of hydrogen-bond acceptors (Lipinski definition) is 5. The van der Waals surface area contributed by atoms with Crippen molar-refractivity contribution in [3.63, 3.8) is 0 Å². The summed E-state index contributed by atoms with van der Waals surface area (Å²) in [5, 5.41) is 4.97. The molecular weight excluding hydrogens is 410 g/mol. The van der Waals surface area contributed by atoms with Gasteiger partial charge >= 0.3 is 0 Å². The molecule has 0 unspecified atom stereocenters. The largest absolute Gasteiger partial charge is 0.495 e. The minimum Gasteiger partial charge on any atom is -0.495 e. The summed E-state index contributed by atoms with van der Waals surface area (Å²) in [6, 6.07) is 8.75. The zero-order valence-electron chi connectivity index (χ0n) is 17.0. The molecule has 1 aliphatic heterocycles. The van der Waals surface area contributed by atoms with E-state index < -0.39 is 10.0 Å². The van der Waals surface area contributed by atoms with Gasteiger partial charge in [-0.3, -0.25) is 4.79 Å². The van der Waals surface area contributed by atoms with Crippen LogP contribution in [0.5, 0.6) is 5.75 Å². The van der Waals surface area contributed by atoms with E-state index in [-0.39, 0.29) is 22.6 Å². The molecule has 1 atom stereocenters. The van der Waals surface area contributed by atoms with Gasteiger partial charge in [-0.15, -0.1) is 11.3 Å². The third-order valence-electron chi connectivity index (χ3n) is 5.16. The second-order valence-corrected chi connectivity index (χ2v) is 10.2. The second-order valence-electron chi connectivity index (χ2n) is 7.33. The number of carbonyl (C=O) groups excluding carboxylic acids is 1. The van der Waals surface area contributed by atoms with Gasteiger partial charge in [0.05, 0.1) is 32.6 Å². The van der Waals surface area contributed by atoms with Crippen LogP contribution in [0.3, 0.4) is 0 Å². The smallest absolute Gasteiger partial charge is 0.251 e. The number of rotatable bonds is 8. The average Bonchev–Trinajstić information content (AvgIpc) is 3.41. The molecule has 0 spiro atoms. The number of nitrogens with zero attached hydrogens (tertiary/aromatic N) is 1. The number of carbonyl (C=O) groups is 1. The Balaban J connectivity index is 1.80. The Labute approximate surface area is 176 Å². The van der Waals surface area contributed by atoms with E-state index in [1.165, 1.54) is 27.3 Å². The summed E-state index contributed by atoms with van der Waals surface area (Å²) in [5.41, 5.74) is 0.308. The molecule has 0 saturated carbocycles. The van der Waals surface area contributed by atoms with Gasteiger partial charge in [0.15, 0.2) is 0 Å². The molecule has 1 amide bonds. The molecule has 2 N–H and O–H groups in total. The third-order valence-corrected chi connectivity index (χ3v) is 8.06. The predicted molar refractivity (Wildman–Crippen MR) is 113 cm³/mol. The molecule has 1 aliphatic rings. The number of hydrogen-bond donors (Lipinski definition) is 2. The van der Waals surface area contributed by atoms with Crippen molar-refractivity contribution in [3.8, 4) is 5.75 Å². The van der Waals surface area contributed by atoms with Gasteiger partial charge in [-0.05, 0) is 42.5 Å². The van der Waals surface area contributed by atoms with Crippen molar-refractivity contribution in [1.29, 1.82) is 0 Å². The van der Waals surface area contributed by atoms with Crippen molar-refractivity contribution in [3.05, 3.63) is 46.2 Å². The standard InChI is InChI=1S/C20H27N3O4S2/c1-22(2)16(18-7-6-12-28-18)14-21-20(24)15-8-9-17(27-3)19(13-15)29(25,26)23-10-4-5-11-23/h6-9,12-13,16H,4-5,10-11,14H2,1-3H3,(H,21,24)/p+1/t16-/m0/s1. The van der Waals surface area contributed by atoms with Crippen LogP contribution >= 0.6 is 11.3 Å². The fourth-order valence-electron chi connectivity index (χ4n) is 3.46. The fourth-order valence-corrected chi connectivity index (χ4v) is 6.12. The van der Waals surface area contributed by atoms with E-state index in [4.69, 9.17) is 4.74 Å². The summed E-state index contributed by atoms with van der Waals surface area (Å²) < 4.78 is 32.7. The molecule has 1 aromatic carbocycles. The third kappa shape index (κ3) is 4.80. The van der Waals surface area contributed by atoms with Gasteiger partial charge in [0.1, 0.15) is 16.7 Å². The van der Waals surface area contributed by atoms with Gasteiger partial charge < -0.3 is 15.0 Å². The van der Waals surface area contributed by atoms with Crippen molar-refractivity contribution < 1.29 is 22.8 Å². The predicted octanol–water partition coefficient (Wildman–Crippen LogP) is 1.16. The minimum absolute atomic E-state index is 0.0441. The number of benzene rings is 1. The van der Waals surface area contributed by atoms with E-state index in [9.17, 15) is 13.2 Å². The van der Waals surface area contributed by atoms with Crippen LogP contribution in [0.2, 0.25) is 0 Å². The highest BCUT2D eigenvalue weighted by atomic mass is 32.2. The maximum absolute atomic E-state index is 13.0. The zero-order chi connectivity index (χ0) is 21.0. The first-order valence-electron chi connectivity index (χ1n) is 9.64. The molecule has 7 nitrogen and oxygen atoms in total. The van der Waals surface area contributed by atoms with Crippen molar-refractivity contribution in [1.82, 2.24) is 9.62 Å². The summed E-state index contributed by atoms with van der Waals surface area (Å²) in [5.74, 6) is -0.0454. The van der Waals surface area contributed by atoms with Crippen LogP contribution in [0, 0.1) is 0 Å².